The Bertz CT molecular complexity index is 1230. The molecule has 3 heterocycles. The quantitative estimate of drug-likeness (QED) is 0.187. The van der Waals surface area contributed by atoms with Gasteiger partial charge in [0.15, 0.2) is 0 Å². The van der Waals surface area contributed by atoms with Gasteiger partial charge in [0.1, 0.15) is 5.84 Å². The Morgan fingerprint density at radius 3 is 2.74 bits per heavy atom. The van der Waals surface area contributed by atoms with E-state index in [0.29, 0.717) is 23.5 Å². The fourth-order valence-electron chi connectivity index (χ4n) is 4.93. The van der Waals surface area contributed by atoms with E-state index in [-0.39, 0.29) is 5.84 Å². The molecule has 1 aliphatic rings. The SMILES string of the molecule is CCc1c(C)c2nc(-c3cccnc3C3CCC3)cc(NCC(=N)/N=C(/C)S)c2n1C(C)CC. The van der Waals surface area contributed by atoms with Gasteiger partial charge in [0.2, 0.25) is 0 Å². The van der Waals surface area contributed by atoms with Crippen molar-refractivity contribution in [1.29, 1.82) is 5.41 Å². The average molecular weight is 477 g/mol. The van der Waals surface area contributed by atoms with Gasteiger partial charge in [0.25, 0.3) is 0 Å². The maximum absolute atomic E-state index is 8.24. The highest BCUT2D eigenvalue weighted by molar-refractivity contribution is 7.96. The Morgan fingerprint density at radius 1 is 1.35 bits per heavy atom. The Kier molecular flexibility index (Phi) is 7.41. The van der Waals surface area contributed by atoms with Gasteiger partial charge < -0.3 is 9.88 Å². The second kappa shape index (κ2) is 10.3. The Labute approximate surface area is 208 Å². The smallest absolute Gasteiger partial charge is 0.140 e. The number of aryl methyl sites for hydroxylation is 1. The number of nitrogens with one attached hydrogen (secondary N) is 2. The summed E-state index contributed by atoms with van der Waals surface area (Å²) < 4.78 is 2.44. The predicted octanol–water partition coefficient (Wildman–Crippen LogP) is 6.94. The van der Waals surface area contributed by atoms with Gasteiger partial charge in [-0.25, -0.2) is 9.98 Å². The van der Waals surface area contributed by atoms with E-state index in [9.17, 15) is 0 Å². The monoisotopic (exact) mass is 476 g/mol. The van der Waals surface area contributed by atoms with Crippen LogP contribution in [0.25, 0.3) is 22.3 Å². The number of fused-ring (bicyclic) bond motifs is 1. The van der Waals surface area contributed by atoms with Crippen molar-refractivity contribution in [3.63, 3.8) is 0 Å². The topological polar surface area (TPSA) is 79.0 Å². The number of nitrogens with zero attached hydrogens (tertiary/aromatic N) is 4. The van der Waals surface area contributed by atoms with E-state index in [0.717, 1.165) is 46.5 Å². The molecular formula is C27H36N6S. The van der Waals surface area contributed by atoms with Crippen molar-refractivity contribution in [1.82, 2.24) is 14.5 Å². The number of aromatic nitrogens is 3. The molecular weight excluding hydrogens is 440 g/mol. The lowest BCUT2D eigenvalue weighted by molar-refractivity contribution is 0.412. The van der Waals surface area contributed by atoms with Gasteiger partial charge in [-0.2, -0.15) is 0 Å². The number of thiol groups is 1. The molecule has 0 bridgehead atoms. The Morgan fingerprint density at radius 2 is 2.12 bits per heavy atom. The summed E-state index contributed by atoms with van der Waals surface area (Å²) in [6.07, 6.45) is 7.53. The predicted molar refractivity (Wildman–Crippen MR) is 147 cm³/mol. The van der Waals surface area contributed by atoms with Crippen molar-refractivity contribution in [2.75, 3.05) is 11.9 Å². The summed E-state index contributed by atoms with van der Waals surface area (Å²) >= 11 is 4.23. The van der Waals surface area contributed by atoms with Gasteiger partial charge in [0, 0.05) is 29.4 Å². The maximum Gasteiger partial charge on any atom is 0.140 e. The van der Waals surface area contributed by atoms with Gasteiger partial charge in [-0.3, -0.25) is 10.4 Å². The van der Waals surface area contributed by atoms with E-state index in [1.165, 1.54) is 30.5 Å². The zero-order chi connectivity index (χ0) is 24.4. The van der Waals surface area contributed by atoms with Crippen molar-refractivity contribution in [2.45, 2.75) is 78.7 Å². The number of pyridine rings is 2. The molecule has 34 heavy (non-hydrogen) atoms. The molecule has 1 unspecified atom stereocenters. The molecule has 0 aliphatic heterocycles. The van der Waals surface area contributed by atoms with Crippen LogP contribution in [0.5, 0.6) is 0 Å². The number of rotatable bonds is 8. The highest BCUT2D eigenvalue weighted by Crippen LogP contribution is 2.42. The molecule has 0 radical (unpaired) electrons. The van der Waals surface area contributed by atoms with Crippen molar-refractivity contribution < 1.29 is 0 Å². The molecule has 6 nitrogen and oxygen atoms in total. The third-order valence-corrected chi connectivity index (χ3v) is 7.13. The molecule has 4 rings (SSSR count). The molecule has 3 aromatic rings. The minimum Gasteiger partial charge on any atom is -0.376 e. The zero-order valence-corrected chi connectivity index (χ0v) is 21.8. The summed E-state index contributed by atoms with van der Waals surface area (Å²) in [5, 5.41) is 12.3. The van der Waals surface area contributed by atoms with Crippen LogP contribution in [0.4, 0.5) is 5.69 Å². The molecule has 7 heteroatoms. The fraction of sp³-hybridized carbons (Fsp3) is 0.481. The van der Waals surface area contributed by atoms with Crippen LogP contribution in [-0.2, 0) is 6.42 Å². The van der Waals surface area contributed by atoms with Gasteiger partial charge in [-0.05, 0) is 70.2 Å². The van der Waals surface area contributed by atoms with Crippen LogP contribution in [-0.4, -0.2) is 32.0 Å². The van der Waals surface area contributed by atoms with Gasteiger partial charge >= 0.3 is 0 Å². The van der Waals surface area contributed by atoms with Crippen LogP contribution < -0.4 is 5.32 Å². The normalized spacial score (nSPS) is 15.4. The van der Waals surface area contributed by atoms with Crippen LogP contribution in [0.3, 0.4) is 0 Å². The second-order valence-electron chi connectivity index (χ2n) is 9.33. The van der Waals surface area contributed by atoms with Crippen molar-refractivity contribution in [2.24, 2.45) is 4.99 Å². The lowest BCUT2D eigenvalue weighted by atomic mass is 9.80. The van der Waals surface area contributed by atoms with E-state index >= 15 is 0 Å². The highest BCUT2D eigenvalue weighted by Gasteiger charge is 2.26. The van der Waals surface area contributed by atoms with E-state index in [1.807, 2.05) is 12.3 Å². The fourth-order valence-corrected chi connectivity index (χ4v) is 5.05. The molecule has 1 aliphatic carbocycles. The van der Waals surface area contributed by atoms with E-state index in [4.69, 9.17) is 15.4 Å². The molecule has 2 N–H and O–H groups in total. The third-order valence-electron chi connectivity index (χ3n) is 7.03. The van der Waals surface area contributed by atoms with Gasteiger partial charge in [0.05, 0.1) is 39.7 Å². The van der Waals surface area contributed by atoms with Crippen molar-refractivity contribution in [3.05, 3.63) is 41.3 Å². The first-order chi connectivity index (χ1) is 16.3. The maximum atomic E-state index is 8.24. The summed E-state index contributed by atoms with van der Waals surface area (Å²) in [5.41, 5.74) is 8.90. The van der Waals surface area contributed by atoms with E-state index < -0.39 is 0 Å². The van der Waals surface area contributed by atoms with Crippen molar-refractivity contribution in [3.8, 4) is 11.3 Å². The molecule has 1 atom stereocenters. The first kappa shape index (κ1) is 24.5. The van der Waals surface area contributed by atoms with Crippen LogP contribution in [0.2, 0.25) is 0 Å². The van der Waals surface area contributed by atoms with Crippen molar-refractivity contribution >= 4 is 40.2 Å². The minimum atomic E-state index is 0.254. The minimum absolute atomic E-state index is 0.254. The number of hydrogen-bond donors (Lipinski definition) is 3. The third kappa shape index (κ3) is 4.63. The lowest BCUT2D eigenvalue weighted by Gasteiger charge is -2.26. The number of amidine groups is 1. The van der Waals surface area contributed by atoms with Crippen LogP contribution in [0, 0.1) is 12.3 Å². The number of hydrogen-bond acceptors (Lipinski definition) is 4. The number of anilines is 1. The standard InChI is InChI=1S/C27H36N6S/c1-6-16(3)33-23(7-2)17(4)25-27(33)22(30-15-24(28)31-18(5)34)14-21(32-25)20-12-9-13-29-26(20)19-10-8-11-19/h9,12-14,16,19H,6-8,10-11,15H2,1-5H3,(H,30,32)(H2,28,31,34). The highest BCUT2D eigenvalue weighted by atomic mass is 32.1. The molecule has 0 spiro atoms. The van der Waals surface area contributed by atoms with Crippen LogP contribution in [0.15, 0.2) is 29.4 Å². The number of aliphatic imine (C=N–C) groups is 1. The van der Waals surface area contributed by atoms with Crippen LogP contribution in [0.1, 0.15) is 82.3 Å². The molecule has 3 aromatic heterocycles. The van der Waals surface area contributed by atoms with Gasteiger partial charge in [-0.1, -0.05) is 20.3 Å². The summed E-state index contributed by atoms with van der Waals surface area (Å²) in [6, 6.07) is 6.64. The molecule has 180 valence electrons. The Balaban J connectivity index is 1.92. The first-order valence-electron chi connectivity index (χ1n) is 12.4. The van der Waals surface area contributed by atoms with Crippen LogP contribution >= 0.6 is 12.6 Å². The second-order valence-corrected chi connectivity index (χ2v) is 9.98. The van der Waals surface area contributed by atoms with E-state index in [2.05, 4.69) is 67.3 Å². The molecule has 0 saturated heterocycles. The largest absolute Gasteiger partial charge is 0.376 e. The van der Waals surface area contributed by atoms with Gasteiger partial charge in [-0.15, -0.1) is 12.6 Å². The summed E-state index contributed by atoms with van der Waals surface area (Å²) in [5.74, 6) is 0.771. The summed E-state index contributed by atoms with van der Waals surface area (Å²) in [7, 11) is 0. The molecule has 0 amide bonds. The zero-order valence-electron chi connectivity index (χ0n) is 20.9. The average Bonchev–Trinajstić information content (AvgIpc) is 3.07. The summed E-state index contributed by atoms with van der Waals surface area (Å²) in [4.78, 5) is 14.2. The van der Waals surface area contributed by atoms with E-state index in [1.54, 1.807) is 6.92 Å². The Hall–Kier alpha value is -2.67. The molecule has 0 aromatic carbocycles. The summed E-state index contributed by atoms with van der Waals surface area (Å²) in [6.45, 7) is 11.0. The first-order valence-corrected chi connectivity index (χ1v) is 12.9. The molecule has 1 saturated carbocycles. The molecule has 1 fully saturated rings. The lowest BCUT2D eigenvalue weighted by Crippen LogP contribution is -2.15.